The molecule has 0 saturated carbocycles. The van der Waals surface area contributed by atoms with Crippen LogP contribution in [0.5, 0.6) is 0 Å². The minimum atomic E-state index is -3.84. The van der Waals surface area contributed by atoms with Crippen molar-refractivity contribution in [2.75, 3.05) is 13.2 Å². The van der Waals surface area contributed by atoms with Gasteiger partial charge < -0.3 is 9.05 Å². The first-order valence-corrected chi connectivity index (χ1v) is 12.0. The molecule has 0 aromatic heterocycles. The summed E-state index contributed by atoms with van der Waals surface area (Å²) in [5.41, 5.74) is 0.737. The fraction of sp³-hybridized carbons (Fsp3) is 0.316. The van der Waals surface area contributed by atoms with Gasteiger partial charge in [0.2, 0.25) is 0 Å². The van der Waals surface area contributed by atoms with Crippen molar-refractivity contribution in [3.63, 3.8) is 0 Å². The number of nitrogens with zero attached hydrogens (tertiary/aromatic N) is 1. The zero-order valence-electron chi connectivity index (χ0n) is 16.1. The lowest BCUT2D eigenvalue weighted by Crippen LogP contribution is -2.19. The minimum absolute atomic E-state index is 0.0873. The second-order valence-corrected chi connectivity index (χ2v) is 9.73. The number of benzene rings is 2. The molecule has 2 aromatic rings. The van der Waals surface area contributed by atoms with E-state index in [2.05, 4.69) is 9.93 Å². The Morgan fingerprint density at radius 1 is 1.04 bits per heavy atom. The number of hydrazone groups is 1. The van der Waals surface area contributed by atoms with Crippen LogP contribution >= 0.6 is 7.60 Å². The summed E-state index contributed by atoms with van der Waals surface area (Å²) in [5.74, 6) is 0. The van der Waals surface area contributed by atoms with Crippen molar-refractivity contribution >= 4 is 23.8 Å². The molecule has 9 heteroatoms. The van der Waals surface area contributed by atoms with Gasteiger partial charge in [0.25, 0.3) is 10.0 Å². The van der Waals surface area contributed by atoms with Crippen LogP contribution in [0, 0.1) is 6.92 Å². The highest BCUT2D eigenvalue weighted by atomic mass is 32.2. The summed E-state index contributed by atoms with van der Waals surface area (Å²) >= 11 is 0. The number of rotatable bonds is 10. The van der Waals surface area contributed by atoms with Crippen LogP contribution in [0.4, 0.5) is 0 Å². The molecule has 1 N–H and O–H groups in total. The molecule has 0 spiro atoms. The molecule has 28 heavy (non-hydrogen) atoms. The molecule has 2 rings (SSSR count). The Hall–Kier alpha value is -1.99. The molecule has 0 fully saturated rings. The summed E-state index contributed by atoms with van der Waals surface area (Å²) in [6.07, 6.45) is 1.26. The Balaban J connectivity index is 2.31. The van der Waals surface area contributed by atoms with Gasteiger partial charge in [-0.1, -0.05) is 48.0 Å². The van der Waals surface area contributed by atoms with E-state index in [9.17, 15) is 13.0 Å². The number of sulfonamides is 1. The van der Waals surface area contributed by atoms with Gasteiger partial charge in [-0.15, -0.1) is 0 Å². The molecule has 152 valence electrons. The molecule has 0 saturated heterocycles. The Bertz CT molecular complexity index is 921. The zero-order chi connectivity index (χ0) is 20.6. The minimum Gasteiger partial charge on any atom is -0.308 e. The van der Waals surface area contributed by atoms with E-state index in [4.69, 9.17) is 9.05 Å². The lowest BCUT2D eigenvalue weighted by molar-refractivity contribution is 0.217. The second kappa shape index (κ2) is 9.98. The fourth-order valence-corrected chi connectivity index (χ4v) is 5.18. The number of aryl methyl sites for hydroxylation is 1. The first-order chi connectivity index (χ1) is 13.3. The monoisotopic (exact) mass is 424 g/mol. The van der Waals surface area contributed by atoms with Crippen molar-refractivity contribution in [1.29, 1.82) is 0 Å². The molecule has 0 bridgehead atoms. The van der Waals surface area contributed by atoms with Crippen LogP contribution in [-0.2, 0) is 23.6 Å². The van der Waals surface area contributed by atoms with Gasteiger partial charge >= 0.3 is 7.60 Å². The maximum atomic E-state index is 13.3. The first kappa shape index (κ1) is 22.3. The molecule has 1 atom stereocenters. The molecule has 2 aromatic carbocycles. The molecular formula is C19H25N2O5PS. The summed E-state index contributed by atoms with van der Waals surface area (Å²) in [5, 5.41) is 3.85. The summed E-state index contributed by atoms with van der Waals surface area (Å²) in [4.78, 5) is 2.25. The van der Waals surface area contributed by atoms with Gasteiger partial charge in [-0.3, -0.25) is 4.57 Å². The number of hydrogen-bond acceptors (Lipinski definition) is 6. The van der Waals surface area contributed by atoms with E-state index in [1.165, 1.54) is 18.3 Å². The van der Waals surface area contributed by atoms with E-state index >= 15 is 0 Å². The van der Waals surface area contributed by atoms with Gasteiger partial charge in [-0.2, -0.15) is 13.5 Å². The van der Waals surface area contributed by atoms with E-state index in [1.54, 1.807) is 50.2 Å². The average Bonchev–Trinajstić information content (AvgIpc) is 2.66. The van der Waals surface area contributed by atoms with Crippen LogP contribution in [0.2, 0.25) is 0 Å². The molecule has 0 amide bonds. The molecule has 1 unspecified atom stereocenters. The van der Waals surface area contributed by atoms with E-state index < -0.39 is 23.3 Å². The highest BCUT2D eigenvalue weighted by molar-refractivity contribution is 7.89. The van der Waals surface area contributed by atoms with Gasteiger partial charge in [-0.05, 0) is 38.5 Å². The lowest BCUT2D eigenvalue weighted by Gasteiger charge is -2.23. The molecule has 0 aliphatic heterocycles. The van der Waals surface area contributed by atoms with Crippen molar-refractivity contribution in [1.82, 2.24) is 4.83 Å². The van der Waals surface area contributed by atoms with Crippen LogP contribution < -0.4 is 4.83 Å². The zero-order valence-corrected chi connectivity index (χ0v) is 17.8. The largest absolute Gasteiger partial charge is 0.343 e. The van der Waals surface area contributed by atoms with Crippen molar-refractivity contribution in [2.24, 2.45) is 5.10 Å². The van der Waals surface area contributed by atoms with E-state index in [0.29, 0.717) is 5.56 Å². The van der Waals surface area contributed by atoms with Crippen molar-refractivity contribution in [2.45, 2.75) is 31.3 Å². The number of hydrogen-bond donors (Lipinski definition) is 1. The van der Waals surface area contributed by atoms with E-state index in [0.717, 1.165) is 5.56 Å². The Morgan fingerprint density at radius 2 is 1.61 bits per heavy atom. The topological polar surface area (TPSA) is 94.1 Å². The third-order valence-corrected chi connectivity index (χ3v) is 7.41. The molecule has 0 aliphatic rings. The van der Waals surface area contributed by atoms with Crippen LogP contribution in [0.1, 0.15) is 30.6 Å². The predicted octanol–water partition coefficient (Wildman–Crippen LogP) is 4.27. The molecule has 0 heterocycles. The van der Waals surface area contributed by atoms with Crippen molar-refractivity contribution < 1.29 is 22.0 Å². The van der Waals surface area contributed by atoms with Crippen molar-refractivity contribution in [3.05, 3.63) is 65.7 Å². The molecule has 7 nitrogen and oxygen atoms in total. The Labute approximate surface area is 166 Å². The smallest absolute Gasteiger partial charge is 0.308 e. The third-order valence-electron chi connectivity index (χ3n) is 3.82. The summed E-state index contributed by atoms with van der Waals surface area (Å²) in [6.45, 7) is 5.66. The summed E-state index contributed by atoms with van der Waals surface area (Å²) in [6, 6.07) is 15.3. The van der Waals surface area contributed by atoms with Crippen LogP contribution in [0.3, 0.4) is 0 Å². The van der Waals surface area contributed by atoms with Gasteiger partial charge in [-0.25, -0.2) is 4.83 Å². The Morgan fingerprint density at radius 3 is 2.14 bits per heavy atom. The van der Waals surface area contributed by atoms with Crippen LogP contribution in [0.15, 0.2) is 64.6 Å². The van der Waals surface area contributed by atoms with E-state index in [1.807, 2.05) is 13.0 Å². The SMILES string of the molecule is CCOP(=O)(OCC)C(/C=N/NS(=O)(=O)c1ccc(C)cc1)c1ccccc1. The molecular weight excluding hydrogens is 399 g/mol. The maximum Gasteiger partial charge on any atom is 0.343 e. The molecule has 0 aliphatic carbocycles. The number of nitrogens with one attached hydrogen (secondary N) is 1. The second-order valence-electron chi connectivity index (χ2n) is 5.92. The lowest BCUT2D eigenvalue weighted by atomic mass is 10.2. The van der Waals surface area contributed by atoms with E-state index in [-0.39, 0.29) is 18.1 Å². The predicted molar refractivity (Wildman–Crippen MR) is 110 cm³/mol. The molecule has 0 radical (unpaired) electrons. The van der Waals surface area contributed by atoms with Gasteiger partial charge in [0.1, 0.15) is 5.66 Å². The normalized spacial score (nSPS) is 13.5. The summed E-state index contributed by atoms with van der Waals surface area (Å²) in [7, 11) is -7.44. The Kier molecular flexibility index (Phi) is 7.95. The standard InChI is InChI=1S/C19H25N2O5PS/c1-4-25-27(22,26-5-2)19(17-9-7-6-8-10-17)15-20-21-28(23,24)18-13-11-16(3)12-14-18/h6-15,19,21H,4-5H2,1-3H3/b20-15+. The third kappa shape index (κ3) is 5.75. The highest BCUT2D eigenvalue weighted by Crippen LogP contribution is 2.60. The van der Waals surface area contributed by atoms with Gasteiger partial charge in [0.15, 0.2) is 0 Å². The maximum absolute atomic E-state index is 13.3. The fourth-order valence-electron chi connectivity index (χ4n) is 2.50. The van der Waals surface area contributed by atoms with Crippen molar-refractivity contribution in [3.8, 4) is 0 Å². The highest BCUT2D eigenvalue weighted by Gasteiger charge is 2.36. The van der Waals surface area contributed by atoms with Crippen LogP contribution in [0.25, 0.3) is 0 Å². The quantitative estimate of drug-likeness (QED) is 0.349. The van der Waals surface area contributed by atoms with Gasteiger partial charge in [0.05, 0.1) is 18.1 Å². The van der Waals surface area contributed by atoms with Gasteiger partial charge in [0, 0.05) is 6.21 Å². The van der Waals surface area contributed by atoms with Crippen LogP contribution in [-0.4, -0.2) is 27.8 Å². The summed E-state index contributed by atoms with van der Waals surface area (Å²) < 4.78 is 48.9. The average molecular weight is 424 g/mol. The first-order valence-electron chi connectivity index (χ1n) is 8.87.